The van der Waals surface area contributed by atoms with Gasteiger partial charge < -0.3 is 19.6 Å². The van der Waals surface area contributed by atoms with Crippen molar-refractivity contribution in [3.05, 3.63) is 65.5 Å². The number of rotatable bonds is 10. The molecule has 1 aliphatic rings. The second-order valence-electron chi connectivity index (χ2n) is 8.16. The van der Waals surface area contributed by atoms with Crippen LogP contribution < -0.4 is 4.74 Å². The Morgan fingerprint density at radius 3 is 2.59 bits per heavy atom. The Morgan fingerprint density at radius 1 is 1.16 bits per heavy atom. The fourth-order valence-electron chi connectivity index (χ4n) is 3.78. The first-order chi connectivity index (χ1) is 15.4. The first-order valence-electron chi connectivity index (χ1n) is 11.0. The Morgan fingerprint density at radius 2 is 1.91 bits per heavy atom. The zero-order valence-corrected chi connectivity index (χ0v) is 19.0. The number of aliphatic hydroxyl groups excluding tert-OH is 1. The molecule has 1 aliphatic heterocycles. The van der Waals surface area contributed by atoms with Gasteiger partial charge in [0.1, 0.15) is 11.5 Å². The minimum atomic E-state index is -0.675. The Hall–Kier alpha value is -3.19. The molecule has 1 amide bonds. The van der Waals surface area contributed by atoms with Gasteiger partial charge in [-0.3, -0.25) is 14.6 Å². The molecule has 1 atom stereocenters. The number of hydrogen-bond acceptors (Lipinski definition) is 6. The molecule has 0 spiro atoms. The van der Waals surface area contributed by atoms with Gasteiger partial charge >= 0.3 is 0 Å². The van der Waals surface area contributed by atoms with Crippen LogP contribution in [0.3, 0.4) is 0 Å². The molecule has 0 saturated carbocycles. The Bertz CT molecular complexity index is 972. The molecule has 2 aromatic rings. The largest absolute Gasteiger partial charge is 0.507 e. The molecule has 1 saturated heterocycles. The lowest BCUT2D eigenvalue weighted by Crippen LogP contribution is -2.32. The number of nitrogens with zero attached hydrogens (tertiary/aromatic N) is 3. The maximum Gasteiger partial charge on any atom is 0.295 e. The Labute approximate surface area is 189 Å². The van der Waals surface area contributed by atoms with Gasteiger partial charge in [-0.1, -0.05) is 25.5 Å². The topological polar surface area (TPSA) is 83.0 Å². The number of ketones is 1. The van der Waals surface area contributed by atoms with Crippen LogP contribution in [0.2, 0.25) is 0 Å². The summed E-state index contributed by atoms with van der Waals surface area (Å²) in [4.78, 5) is 33.6. The number of Topliss-reactive ketones (excluding diaryl/α,β-unsaturated/α-hetero) is 1. The van der Waals surface area contributed by atoms with Crippen molar-refractivity contribution in [2.45, 2.75) is 32.2 Å². The summed E-state index contributed by atoms with van der Waals surface area (Å²) in [5, 5.41) is 11.2. The van der Waals surface area contributed by atoms with Crippen molar-refractivity contribution in [3.8, 4) is 5.75 Å². The van der Waals surface area contributed by atoms with E-state index < -0.39 is 17.7 Å². The summed E-state index contributed by atoms with van der Waals surface area (Å²) in [7, 11) is 3.92. The molecule has 170 valence electrons. The van der Waals surface area contributed by atoms with E-state index in [9.17, 15) is 14.7 Å². The highest BCUT2D eigenvalue weighted by atomic mass is 16.5. The second-order valence-corrected chi connectivity index (χ2v) is 8.16. The third-order valence-electron chi connectivity index (χ3n) is 5.44. The first kappa shape index (κ1) is 23.5. The zero-order chi connectivity index (χ0) is 23.1. The molecule has 1 aromatic heterocycles. The van der Waals surface area contributed by atoms with Gasteiger partial charge in [-0.25, -0.2) is 0 Å². The molecule has 7 heteroatoms. The molecule has 1 N–H and O–H groups in total. The zero-order valence-electron chi connectivity index (χ0n) is 19.0. The molecule has 32 heavy (non-hydrogen) atoms. The standard InChI is InChI=1S/C25H31N3O4/c1-4-5-16-32-20-9-6-8-19(17-20)23(29)21-22(18-10-12-26-13-11-18)28(25(31)24(21)30)15-7-14-27(2)3/h6,8-13,17,22,29H,4-5,7,14-16H2,1-3H3/b23-21+. The molecule has 0 bridgehead atoms. The molecule has 1 unspecified atom stereocenters. The van der Waals surface area contributed by atoms with Gasteiger partial charge in [-0.2, -0.15) is 0 Å². The van der Waals surface area contributed by atoms with Gasteiger partial charge in [-0.15, -0.1) is 0 Å². The molecule has 2 heterocycles. The van der Waals surface area contributed by atoms with E-state index in [2.05, 4.69) is 11.9 Å². The highest BCUT2D eigenvalue weighted by Gasteiger charge is 2.45. The summed E-state index contributed by atoms with van der Waals surface area (Å²) in [5.41, 5.74) is 1.28. The van der Waals surface area contributed by atoms with E-state index in [1.54, 1.807) is 47.6 Å². The highest BCUT2D eigenvalue weighted by molar-refractivity contribution is 6.46. The fourth-order valence-corrected chi connectivity index (χ4v) is 3.78. The second kappa shape index (κ2) is 10.9. The van der Waals surface area contributed by atoms with E-state index >= 15 is 0 Å². The average Bonchev–Trinajstić information content (AvgIpc) is 3.04. The van der Waals surface area contributed by atoms with E-state index in [1.165, 1.54) is 0 Å². The summed E-state index contributed by atoms with van der Waals surface area (Å²) < 4.78 is 5.75. The molecule has 1 fully saturated rings. The van der Waals surface area contributed by atoms with Crippen LogP contribution >= 0.6 is 0 Å². The lowest BCUT2D eigenvalue weighted by Gasteiger charge is -2.25. The molecule has 7 nitrogen and oxygen atoms in total. The number of amides is 1. The number of carbonyl (C=O) groups is 2. The summed E-state index contributed by atoms with van der Waals surface area (Å²) in [5.74, 6) is -0.849. The minimum Gasteiger partial charge on any atom is -0.507 e. The van der Waals surface area contributed by atoms with Gasteiger partial charge in [0, 0.05) is 24.5 Å². The van der Waals surface area contributed by atoms with Gasteiger partial charge in [0.2, 0.25) is 0 Å². The molecular formula is C25H31N3O4. The van der Waals surface area contributed by atoms with Crippen LogP contribution in [0.1, 0.15) is 43.4 Å². The summed E-state index contributed by atoms with van der Waals surface area (Å²) in [6.45, 7) is 3.85. The first-order valence-corrected chi connectivity index (χ1v) is 11.0. The third-order valence-corrected chi connectivity index (χ3v) is 5.44. The number of aliphatic hydroxyl groups is 1. The molecule has 0 radical (unpaired) electrons. The van der Waals surface area contributed by atoms with Crippen LogP contribution in [0, 0.1) is 0 Å². The number of aromatic nitrogens is 1. The van der Waals surface area contributed by atoms with E-state index in [1.807, 2.05) is 25.1 Å². The summed E-state index contributed by atoms with van der Waals surface area (Å²) in [6, 6.07) is 9.88. The number of pyridine rings is 1. The number of unbranched alkanes of at least 4 members (excludes halogenated alkanes) is 1. The molecule has 1 aromatic carbocycles. The lowest BCUT2D eigenvalue weighted by molar-refractivity contribution is -0.139. The van der Waals surface area contributed by atoms with Gasteiger partial charge in [0.25, 0.3) is 11.7 Å². The third kappa shape index (κ3) is 5.34. The van der Waals surface area contributed by atoms with E-state index in [-0.39, 0.29) is 11.3 Å². The van der Waals surface area contributed by atoms with Crippen molar-refractivity contribution >= 4 is 17.4 Å². The molecule has 3 rings (SSSR count). The maximum absolute atomic E-state index is 13.0. The number of hydrogen-bond donors (Lipinski definition) is 1. The smallest absolute Gasteiger partial charge is 0.295 e. The van der Waals surface area contributed by atoms with Crippen LogP contribution in [0.4, 0.5) is 0 Å². The van der Waals surface area contributed by atoms with Crippen molar-refractivity contribution in [2.24, 2.45) is 0 Å². The number of likely N-dealkylation sites (tertiary alicyclic amines) is 1. The predicted octanol–water partition coefficient (Wildman–Crippen LogP) is 3.63. The van der Waals surface area contributed by atoms with Crippen LogP contribution in [0.25, 0.3) is 5.76 Å². The van der Waals surface area contributed by atoms with Crippen molar-refractivity contribution in [2.75, 3.05) is 33.8 Å². The van der Waals surface area contributed by atoms with Crippen LogP contribution in [-0.4, -0.2) is 65.4 Å². The molecular weight excluding hydrogens is 406 g/mol. The lowest BCUT2D eigenvalue weighted by atomic mass is 9.96. The van der Waals surface area contributed by atoms with E-state index in [0.717, 1.165) is 24.9 Å². The van der Waals surface area contributed by atoms with E-state index in [4.69, 9.17) is 4.74 Å². The Kier molecular flexibility index (Phi) is 8.00. The SMILES string of the molecule is CCCCOc1cccc(/C(O)=C2\C(=O)C(=O)N(CCCN(C)C)C2c2ccncc2)c1. The van der Waals surface area contributed by atoms with Crippen LogP contribution in [0.5, 0.6) is 5.75 Å². The van der Waals surface area contributed by atoms with Gasteiger partial charge in [0.15, 0.2) is 0 Å². The average molecular weight is 438 g/mol. The number of benzene rings is 1. The van der Waals surface area contributed by atoms with Crippen molar-refractivity contribution in [3.63, 3.8) is 0 Å². The fraction of sp³-hybridized carbons (Fsp3) is 0.400. The maximum atomic E-state index is 13.0. The van der Waals surface area contributed by atoms with E-state index in [0.29, 0.717) is 30.9 Å². The summed E-state index contributed by atoms with van der Waals surface area (Å²) >= 11 is 0. The monoisotopic (exact) mass is 437 g/mol. The predicted molar refractivity (Wildman–Crippen MR) is 123 cm³/mol. The van der Waals surface area contributed by atoms with Crippen LogP contribution in [0.15, 0.2) is 54.4 Å². The minimum absolute atomic E-state index is 0.0942. The molecule has 0 aliphatic carbocycles. The van der Waals surface area contributed by atoms with Gasteiger partial charge in [0.05, 0.1) is 18.2 Å². The highest BCUT2D eigenvalue weighted by Crippen LogP contribution is 2.39. The van der Waals surface area contributed by atoms with Crippen LogP contribution in [-0.2, 0) is 9.59 Å². The van der Waals surface area contributed by atoms with Crippen molar-refractivity contribution in [1.82, 2.24) is 14.8 Å². The van der Waals surface area contributed by atoms with Gasteiger partial charge in [-0.05, 0) is 63.3 Å². The number of ether oxygens (including phenoxy) is 1. The van der Waals surface area contributed by atoms with Crippen molar-refractivity contribution in [1.29, 1.82) is 0 Å². The summed E-state index contributed by atoms with van der Waals surface area (Å²) in [6.07, 6.45) is 5.90. The normalized spacial score (nSPS) is 17.9. The quantitative estimate of drug-likeness (QED) is 0.265. The number of carbonyl (C=O) groups excluding carboxylic acids is 2. The Balaban J connectivity index is 2.00. The van der Waals surface area contributed by atoms with Crippen molar-refractivity contribution < 1.29 is 19.4 Å².